The quantitative estimate of drug-likeness (QED) is 0.262. The van der Waals surface area contributed by atoms with Crippen molar-refractivity contribution in [2.75, 3.05) is 12.3 Å². The van der Waals surface area contributed by atoms with Crippen LogP contribution in [-0.4, -0.2) is 51.6 Å². The second kappa shape index (κ2) is 12.8. The number of rotatable bonds is 12. The highest BCUT2D eigenvalue weighted by Crippen LogP contribution is 2.48. The molecule has 0 radical (unpaired) electrons. The van der Waals surface area contributed by atoms with E-state index in [0.717, 1.165) is 5.56 Å². The van der Waals surface area contributed by atoms with Crippen molar-refractivity contribution in [1.82, 2.24) is 4.98 Å². The fourth-order valence-electron chi connectivity index (χ4n) is 7.18. The molecule has 2 heterocycles. The molecule has 3 N–H and O–H groups in total. The van der Waals surface area contributed by atoms with Crippen LogP contribution in [0.3, 0.4) is 0 Å². The number of anilines is 1. The van der Waals surface area contributed by atoms with Gasteiger partial charge in [0, 0.05) is 11.8 Å². The molecule has 1 aliphatic heterocycles. The first-order chi connectivity index (χ1) is 17.2. The molecule has 0 saturated carbocycles. The summed E-state index contributed by atoms with van der Waals surface area (Å²) in [7, 11) is -4.59. The number of hydrogen-bond donors (Lipinski definition) is 2. The third kappa shape index (κ3) is 6.19. The van der Waals surface area contributed by atoms with Gasteiger partial charge in [-0.05, 0) is 45.4 Å². The Balaban J connectivity index is 2.76. The molecule has 0 fully saturated rings. The van der Waals surface area contributed by atoms with Gasteiger partial charge in [0.2, 0.25) is 16.6 Å². The third-order valence-electron chi connectivity index (χ3n) is 8.68. The Bertz CT molecular complexity index is 858. The van der Waals surface area contributed by atoms with Crippen LogP contribution >= 0.6 is 0 Å². The van der Waals surface area contributed by atoms with Crippen molar-refractivity contribution in [3.05, 3.63) is 30.1 Å². The zero-order chi connectivity index (χ0) is 28.3. The Morgan fingerprint density at radius 3 is 1.70 bits per heavy atom. The van der Waals surface area contributed by atoms with Gasteiger partial charge in [-0.2, -0.15) is 0 Å². The summed E-state index contributed by atoms with van der Waals surface area (Å²) in [6.45, 7) is 27.3. The predicted octanol–water partition coefficient (Wildman–Crippen LogP) is 7.52. The van der Waals surface area contributed by atoms with Gasteiger partial charge < -0.3 is 24.4 Å². The standard InChI is InChI=1S/C29H54N2O4Si2/c1-18(2)36(19(3)4,20(5)6)34-27-15-26(24-13-14-31-16-25(24)30)33-28(17-32)29(27)35-37(21(7)8,22(9)10)23(11)12/h13-16,18-23,27-29,32H,17,30H2,1-12H3. The highest BCUT2D eigenvalue weighted by atomic mass is 28.4. The van der Waals surface area contributed by atoms with E-state index in [1.807, 2.05) is 6.07 Å². The summed E-state index contributed by atoms with van der Waals surface area (Å²) in [5.74, 6) is 0.633. The number of nitrogens with two attached hydrogens (primary N) is 1. The van der Waals surface area contributed by atoms with Crippen molar-refractivity contribution in [2.45, 2.75) is 135 Å². The topological polar surface area (TPSA) is 86.8 Å². The van der Waals surface area contributed by atoms with E-state index < -0.39 is 28.8 Å². The molecule has 2 rings (SSSR count). The maximum atomic E-state index is 10.6. The van der Waals surface area contributed by atoms with E-state index in [0.29, 0.717) is 44.7 Å². The van der Waals surface area contributed by atoms with Crippen LogP contribution in [-0.2, 0) is 13.6 Å². The van der Waals surface area contributed by atoms with Crippen LogP contribution < -0.4 is 5.73 Å². The molecule has 0 amide bonds. The fraction of sp³-hybridized carbons (Fsp3) is 0.759. The molecule has 3 unspecified atom stereocenters. The Labute approximate surface area is 228 Å². The Morgan fingerprint density at radius 2 is 1.30 bits per heavy atom. The minimum atomic E-state index is -2.30. The molecular formula is C29H54N2O4Si2. The number of nitrogens with zero attached hydrogens (tertiary/aromatic N) is 1. The molecule has 6 nitrogen and oxygen atoms in total. The van der Waals surface area contributed by atoms with E-state index >= 15 is 0 Å². The number of aliphatic hydroxyl groups excluding tert-OH is 1. The van der Waals surface area contributed by atoms with Gasteiger partial charge in [-0.1, -0.05) is 83.1 Å². The van der Waals surface area contributed by atoms with Crippen LogP contribution in [0, 0.1) is 0 Å². The molecular weight excluding hydrogens is 497 g/mol. The fourth-order valence-corrected chi connectivity index (χ4v) is 18.2. The van der Waals surface area contributed by atoms with Gasteiger partial charge in [-0.15, -0.1) is 0 Å². The minimum Gasteiger partial charge on any atom is -0.485 e. The molecule has 0 spiro atoms. The molecule has 0 bridgehead atoms. The van der Waals surface area contributed by atoms with Crippen LogP contribution in [0.4, 0.5) is 5.69 Å². The number of aromatic nitrogens is 1. The molecule has 3 atom stereocenters. The molecule has 37 heavy (non-hydrogen) atoms. The SMILES string of the molecule is CC(C)[Si](OC1C=C(c2ccncc2N)OC(CO)C1O[Si](C(C)C)(C(C)C)C(C)C)(C(C)C)C(C)C. The third-order valence-corrected chi connectivity index (χ3v) is 20.9. The lowest BCUT2D eigenvalue weighted by Gasteiger charge is -2.51. The second-order valence-corrected chi connectivity index (χ2v) is 23.4. The van der Waals surface area contributed by atoms with E-state index in [1.54, 1.807) is 12.4 Å². The summed E-state index contributed by atoms with van der Waals surface area (Å²) in [5, 5.41) is 10.6. The van der Waals surface area contributed by atoms with Crippen molar-refractivity contribution in [2.24, 2.45) is 0 Å². The van der Waals surface area contributed by atoms with Crippen molar-refractivity contribution >= 4 is 28.1 Å². The number of nitrogen functional groups attached to an aromatic ring is 1. The van der Waals surface area contributed by atoms with Crippen LogP contribution in [0.2, 0.25) is 33.2 Å². The highest BCUT2D eigenvalue weighted by Gasteiger charge is 2.53. The summed E-state index contributed by atoms with van der Waals surface area (Å²) < 4.78 is 21.2. The first-order valence-electron chi connectivity index (χ1n) is 14.2. The molecule has 0 aromatic carbocycles. The maximum absolute atomic E-state index is 10.6. The molecule has 0 saturated heterocycles. The van der Waals surface area contributed by atoms with E-state index in [9.17, 15) is 5.11 Å². The maximum Gasteiger partial charge on any atom is 0.201 e. The molecule has 1 aromatic heterocycles. The Hall–Kier alpha value is -1.20. The normalized spacial score (nSPS) is 21.5. The summed E-state index contributed by atoms with van der Waals surface area (Å²) in [4.78, 5) is 4.15. The smallest absolute Gasteiger partial charge is 0.201 e. The largest absolute Gasteiger partial charge is 0.485 e. The van der Waals surface area contributed by atoms with Gasteiger partial charge in [0.15, 0.2) is 0 Å². The van der Waals surface area contributed by atoms with Crippen LogP contribution in [0.25, 0.3) is 5.76 Å². The zero-order valence-electron chi connectivity index (χ0n) is 25.4. The first-order valence-corrected chi connectivity index (χ1v) is 18.5. The molecule has 1 aliphatic rings. The van der Waals surface area contributed by atoms with Gasteiger partial charge in [0.1, 0.15) is 18.0 Å². The zero-order valence-corrected chi connectivity index (χ0v) is 27.4. The van der Waals surface area contributed by atoms with Crippen LogP contribution in [0.15, 0.2) is 24.5 Å². The molecule has 1 aromatic rings. The van der Waals surface area contributed by atoms with E-state index in [-0.39, 0.29) is 12.7 Å². The second-order valence-electron chi connectivity index (χ2n) is 12.6. The number of aliphatic hydroxyl groups is 1. The van der Waals surface area contributed by atoms with Crippen molar-refractivity contribution in [3.63, 3.8) is 0 Å². The van der Waals surface area contributed by atoms with Crippen LogP contribution in [0.5, 0.6) is 0 Å². The number of ether oxygens (including phenoxy) is 1. The van der Waals surface area contributed by atoms with Gasteiger partial charge in [-0.25, -0.2) is 0 Å². The first kappa shape index (κ1) is 32.0. The van der Waals surface area contributed by atoms with Crippen molar-refractivity contribution in [1.29, 1.82) is 0 Å². The average Bonchev–Trinajstić information content (AvgIpc) is 2.79. The predicted molar refractivity (Wildman–Crippen MR) is 160 cm³/mol. The van der Waals surface area contributed by atoms with E-state index in [2.05, 4.69) is 94.1 Å². The van der Waals surface area contributed by atoms with Gasteiger partial charge in [0.05, 0.1) is 24.6 Å². The van der Waals surface area contributed by atoms with Crippen LogP contribution in [0.1, 0.15) is 88.6 Å². The molecule has 8 heteroatoms. The summed E-state index contributed by atoms with van der Waals surface area (Å²) in [6, 6.07) is 1.86. The highest BCUT2D eigenvalue weighted by molar-refractivity contribution is 6.78. The summed E-state index contributed by atoms with van der Waals surface area (Å²) in [6.07, 6.45) is 4.10. The molecule has 212 valence electrons. The van der Waals surface area contributed by atoms with Gasteiger partial charge in [0.25, 0.3) is 0 Å². The van der Waals surface area contributed by atoms with E-state index in [4.69, 9.17) is 19.3 Å². The van der Waals surface area contributed by atoms with Gasteiger partial charge >= 0.3 is 0 Å². The van der Waals surface area contributed by atoms with Crippen molar-refractivity contribution in [3.8, 4) is 0 Å². The lowest BCUT2D eigenvalue weighted by molar-refractivity contribution is -0.0636. The summed E-state index contributed by atoms with van der Waals surface area (Å²) >= 11 is 0. The average molecular weight is 551 g/mol. The minimum absolute atomic E-state index is 0.161. The Morgan fingerprint density at radius 1 is 0.838 bits per heavy atom. The molecule has 0 aliphatic carbocycles. The lowest BCUT2D eigenvalue weighted by atomic mass is 10.0. The lowest BCUT2D eigenvalue weighted by Crippen LogP contribution is -2.60. The van der Waals surface area contributed by atoms with Gasteiger partial charge in [-0.3, -0.25) is 4.98 Å². The van der Waals surface area contributed by atoms with E-state index in [1.165, 1.54) is 0 Å². The Kier molecular flexibility index (Phi) is 11.1. The monoisotopic (exact) mass is 550 g/mol. The summed E-state index contributed by atoms with van der Waals surface area (Å²) in [5.41, 5.74) is 10.0. The number of hydrogen-bond acceptors (Lipinski definition) is 6. The van der Waals surface area contributed by atoms with Crippen molar-refractivity contribution < 1.29 is 18.7 Å². The number of pyridine rings is 1.